The van der Waals surface area contributed by atoms with Crippen LogP contribution in [0.1, 0.15) is 5.56 Å². The molecule has 1 aromatic carbocycles. The van der Waals surface area contributed by atoms with Gasteiger partial charge in [0.05, 0.1) is 11.8 Å². The van der Waals surface area contributed by atoms with Crippen molar-refractivity contribution in [3.8, 4) is 11.5 Å². The summed E-state index contributed by atoms with van der Waals surface area (Å²) in [7, 11) is -3.26. The molecule has 1 aromatic heterocycles. The number of aromatic nitrogens is 1. The zero-order valence-electron chi connectivity index (χ0n) is 12.0. The van der Waals surface area contributed by atoms with Gasteiger partial charge in [0, 0.05) is 23.6 Å². The van der Waals surface area contributed by atoms with Crippen molar-refractivity contribution in [2.24, 2.45) is 0 Å². The molecule has 0 atom stereocenters. The molecule has 22 heavy (non-hydrogen) atoms. The van der Waals surface area contributed by atoms with Gasteiger partial charge in [-0.25, -0.2) is 13.1 Å². The van der Waals surface area contributed by atoms with Gasteiger partial charge in [-0.15, -0.1) is 0 Å². The van der Waals surface area contributed by atoms with Gasteiger partial charge in [0.25, 0.3) is 5.56 Å². The highest BCUT2D eigenvalue weighted by Crippen LogP contribution is 2.33. The van der Waals surface area contributed by atoms with E-state index in [0.29, 0.717) is 42.2 Å². The zero-order valence-corrected chi connectivity index (χ0v) is 12.8. The molecular formula is C14H16N2O5S. The summed E-state index contributed by atoms with van der Waals surface area (Å²) in [6, 6.07) is 5.30. The van der Waals surface area contributed by atoms with Crippen LogP contribution in [0.5, 0.6) is 11.5 Å². The Hall–Kier alpha value is -2.06. The van der Waals surface area contributed by atoms with Gasteiger partial charge in [-0.3, -0.25) is 4.79 Å². The minimum Gasteiger partial charge on any atom is -0.486 e. The van der Waals surface area contributed by atoms with E-state index in [2.05, 4.69) is 9.71 Å². The van der Waals surface area contributed by atoms with E-state index in [4.69, 9.17) is 9.47 Å². The summed E-state index contributed by atoms with van der Waals surface area (Å²) >= 11 is 0. The molecule has 2 heterocycles. The fourth-order valence-corrected chi connectivity index (χ4v) is 2.82. The SMILES string of the molecule is CS(=O)(=O)NCCc1cc2cc3c(cc2[nH]c1=O)OCCO3. The number of hydrogen-bond acceptors (Lipinski definition) is 5. The fourth-order valence-electron chi connectivity index (χ4n) is 2.34. The van der Waals surface area contributed by atoms with Crippen LogP contribution >= 0.6 is 0 Å². The number of nitrogens with one attached hydrogen (secondary N) is 2. The van der Waals surface area contributed by atoms with Crippen LogP contribution in [-0.2, 0) is 16.4 Å². The number of rotatable bonds is 4. The lowest BCUT2D eigenvalue weighted by Crippen LogP contribution is -2.26. The Balaban J connectivity index is 1.92. The molecule has 8 heteroatoms. The van der Waals surface area contributed by atoms with Crippen molar-refractivity contribution in [1.82, 2.24) is 9.71 Å². The van der Waals surface area contributed by atoms with Gasteiger partial charge in [0.1, 0.15) is 13.2 Å². The van der Waals surface area contributed by atoms with Crippen molar-refractivity contribution in [2.75, 3.05) is 26.0 Å². The first kappa shape index (κ1) is 14.9. The second-order valence-electron chi connectivity index (χ2n) is 5.12. The summed E-state index contributed by atoms with van der Waals surface area (Å²) in [5.41, 5.74) is 0.939. The molecule has 0 unspecified atom stereocenters. The van der Waals surface area contributed by atoms with Gasteiger partial charge >= 0.3 is 0 Å². The Morgan fingerprint density at radius 1 is 1.18 bits per heavy atom. The van der Waals surface area contributed by atoms with E-state index < -0.39 is 10.0 Å². The van der Waals surface area contributed by atoms with Gasteiger partial charge in [0.2, 0.25) is 10.0 Å². The maximum Gasteiger partial charge on any atom is 0.251 e. The molecule has 2 N–H and O–H groups in total. The smallest absolute Gasteiger partial charge is 0.251 e. The molecule has 1 aliphatic heterocycles. The first-order valence-electron chi connectivity index (χ1n) is 6.82. The third-order valence-electron chi connectivity index (χ3n) is 3.34. The van der Waals surface area contributed by atoms with Gasteiger partial charge in [-0.1, -0.05) is 0 Å². The Morgan fingerprint density at radius 2 is 1.86 bits per heavy atom. The van der Waals surface area contributed by atoms with Crippen LogP contribution in [0.15, 0.2) is 23.0 Å². The standard InChI is InChI=1S/C14H16N2O5S/c1-22(18,19)15-3-2-9-6-10-7-12-13(21-5-4-20-12)8-11(10)16-14(9)17/h6-8,15H,2-5H2,1H3,(H,16,17). The molecule has 3 rings (SSSR count). The lowest BCUT2D eigenvalue weighted by Gasteiger charge is -2.18. The van der Waals surface area contributed by atoms with Crippen LogP contribution in [-0.4, -0.2) is 39.4 Å². The summed E-state index contributed by atoms with van der Waals surface area (Å²) in [6.45, 7) is 1.16. The molecule has 0 fully saturated rings. The number of H-pyrrole nitrogens is 1. The first-order chi connectivity index (χ1) is 10.4. The number of hydrogen-bond donors (Lipinski definition) is 2. The number of sulfonamides is 1. The van der Waals surface area contributed by atoms with Crippen LogP contribution in [0.2, 0.25) is 0 Å². The average molecular weight is 324 g/mol. The molecule has 0 aliphatic carbocycles. The highest BCUT2D eigenvalue weighted by Gasteiger charge is 2.14. The molecule has 0 spiro atoms. The van der Waals surface area contributed by atoms with Gasteiger partial charge in [-0.2, -0.15) is 0 Å². The fraction of sp³-hybridized carbons (Fsp3) is 0.357. The molecule has 0 radical (unpaired) electrons. The molecule has 0 saturated carbocycles. The second kappa shape index (κ2) is 5.62. The van der Waals surface area contributed by atoms with Crippen LogP contribution in [0, 0.1) is 0 Å². The van der Waals surface area contributed by atoms with E-state index in [-0.39, 0.29) is 12.1 Å². The monoisotopic (exact) mass is 324 g/mol. The Morgan fingerprint density at radius 3 is 2.55 bits per heavy atom. The quantitative estimate of drug-likeness (QED) is 0.848. The summed E-state index contributed by atoms with van der Waals surface area (Å²) in [5, 5.41) is 0.818. The first-order valence-corrected chi connectivity index (χ1v) is 8.72. The number of aromatic amines is 1. The van der Waals surface area contributed by atoms with Crippen molar-refractivity contribution in [3.63, 3.8) is 0 Å². The van der Waals surface area contributed by atoms with E-state index in [1.54, 1.807) is 12.1 Å². The average Bonchev–Trinajstić information content (AvgIpc) is 2.44. The lowest BCUT2D eigenvalue weighted by atomic mass is 10.1. The molecular weight excluding hydrogens is 308 g/mol. The van der Waals surface area contributed by atoms with Crippen LogP contribution < -0.4 is 19.8 Å². The molecule has 1 aliphatic rings. The minimum atomic E-state index is -3.26. The van der Waals surface area contributed by atoms with E-state index in [1.165, 1.54) is 0 Å². The van der Waals surface area contributed by atoms with Crippen molar-refractivity contribution < 1.29 is 17.9 Å². The Bertz CT molecular complexity index is 873. The van der Waals surface area contributed by atoms with E-state index in [1.807, 2.05) is 6.07 Å². The van der Waals surface area contributed by atoms with E-state index >= 15 is 0 Å². The van der Waals surface area contributed by atoms with E-state index in [9.17, 15) is 13.2 Å². The van der Waals surface area contributed by atoms with Crippen LogP contribution in [0.3, 0.4) is 0 Å². The normalized spacial score (nSPS) is 14.2. The number of benzene rings is 1. The summed E-state index contributed by atoms with van der Waals surface area (Å²) in [6.07, 6.45) is 1.40. The minimum absolute atomic E-state index is 0.179. The van der Waals surface area contributed by atoms with Gasteiger partial charge < -0.3 is 14.5 Å². The van der Waals surface area contributed by atoms with Crippen molar-refractivity contribution in [3.05, 3.63) is 34.1 Å². The number of ether oxygens (including phenoxy) is 2. The largest absolute Gasteiger partial charge is 0.486 e. The molecule has 0 bridgehead atoms. The molecule has 7 nitrogen and oxygen atoms in total. The maximum atomic E-state index is 12.1. The topological polar surface area (TPSA) is 97.5 Å². The third kappa shape index (κ3) is 3.23. The maximum absolute atomic E-state index is 12.1. The van der Waals surface area contributed by atoms with Crippen LogP contribution in [0.25, 0.3) is 10.9 Å². The predicted octanol–water partition coefficient (Wildman–Crippen LogP) is 0.391. The van der Waals surface area contributed by atoms with Crippen molar-refractivity contribution >= 4 is 20.9 Å². The van der Waals surface area contributed by atoms with Crippen LogP contribution in [0.4, 0.5) is 0 Å². The highest BCUT2D eigenvalue weighted by atomic mass is 32.2. The third-order valence-corrected chi connectivity index (χ3v) is 4.07. The summed E-state index contributed by atoms with van der Waals surface area (Å²) < 4.78 is 35.5. The predicted molar refractivity (Wildman–Crippen MR) is 82.1 cm³/mol. The van der Waals surface area contributed by atoms with Gasteiger partial charge in [0.15, 0.2) is 11.5 Å². The molecule has 0 amide bonds. The Labute approximate surface area is 127 Å². The van der Waals surface area contributed by atoms with Gasteiger partial charge in [-0.05, 0) is 18.6 Å². The molecule has 2 aromatic rings. The van der Waals surface area contributed by atoms with E-state index in [0.717, 1.165) is 11.6 Å². The molecule has 0 saturated heterocycles. The molecule has 118 valence electrons. The van der Waals surface area contributed by atoms with Crippen molar-refractivity contribution in [1.29, 1.82) is 0 Å². The lowest BCUT2D eigenvalue weighted by molar-refractivity contribution is 0.172. The number of pyridine rings is 1. The number of fused-ring (bicyclic) bond motifs is 2. The second-order valence-corrected chi connectivity index (χ2v) is 6.96. The highest BCUT2D eigenvalue weighted by molar-refractivity contribution is 7.88. The zero-order chi connectivity index (χ0) is 15.7. The summed E-state index contributed by atoms with van der Waals surface area (Å²) in [4.78, 5) is 14.8. The summed E-state index contributed by atoms with van der Waals surface area (Å²) in [5.74, 6) is 1.26. The van der Waals surface area contributed by atoms with Crippen molar-refractivity contribution in [2.45, 2.75) is 6.42 Å². The Kier molecular flexibility index (Phi) is 3.79.